The maximum Gasteiger partial charge on any atom is 0.137 e. The summed E-state index contributed by atoms with van der Waals surface area (Å²) in [5.74, 6) is 1.88. The molecule has 7 aromatic carbocycles. The Labute approximate surface area is 402 Å². The van der Waals surface area contributed by atoms with Crippen LogP contribution in [0.3, 0.4) is 0 Å². The number of aryl methyl sites for hydroxylation is 1. The van der Waals surface area contributed by atoms with Crippen molar-refractivity contribution >= 4 is 44.6 Å². The Morgan fingerprint density at radius 2 is 1.21 bits per heavy atom. The number of para-hydroxylation sites is 3. The van der Waals surface area contributed by atoms with Crippen molar-refractivity contribution in [1.29, 1.82) is 0 Å². The summed E-state index contributed by atoms with van der Waals surface area (Å²) >= 11 is 0. The highest BCUT2D eigenvalue weighted by molar-refractivity contribution is 6.10. The van der Waals surface area contributed by atoms with Gasteiger partial charge in [0.2, 0.25) is 0 Å². The molecule has 9 aromatic rings. The van der Waals surface area contributed by atoms with E-state index in [1.165, 1.54) is 0 Å². The molecule has 5 nitrogen and oxygen atoms in total. The SMILES string of the molecule is [2H]c1c([2H])c([2H])c(-c2cccc(-c3cc(C(C)(C)C)cc(C(C)(C)C)c3)c2N2CN(c3cccc(Oc4ccc5c6cc(C([2H])([2H])[2H])ccc6n(-c6cc(C(C)(C)C)ccn6)c5c4)c3)c3ccccc32)c([2H])c1[2H]. The lowest BCUT2D eigenvalue weighted by atomic mass is 9.78. The maximum absolute atomic E-state index is 9.23. The fourth-order valence-electron chi connectivity index (χ4n) is 9.10. The van der Waals surface area contributed by atoms with Crippen LogP contribution in [0.4, 0.5) is 22.7 Å². The van der Waals surface area contributed by atoms with Crippen LogP contribution in [0.15, 0.2) is 170 Å². The highest BCUT2D eigenvalue weighted by Crippen LogP contribution is 2.51. The fraction of sp³-hybridized carbons (Fsp3) is 0.230. The molecule has 0 spiro atoms. The number of ether oxygens (including phenoxy) is 1. The second kappa shape index (κ2) is 16.1. The second-order valence-corrected chi connectivity index (χ2v) is 20.5. The smallest absolute Gasteiger partial charge is 0.137 e. The van der Waals surface area contributed by atoms with Crippen LogP contribution >= 0.6 is 0 Å². The first-order chi connectivity index (χ1) is 34.8. The highest BCUT2D eigenvalue weighted by Gasteiger charge is 2.32. The predicted octanol–water partition coefficient (Wildman–Crippen LogP) is 16.8. The van der Waals surface area contributed by atoms with Crippen LogP contribution in [0.5, 0.6) is 11.5 Å². The topological polar surface area (TPSA) is 33.5 Å². The molecule has 0 N–H and O–H groups in total. The third-order valence-corrected chi connectivity index (χ3v) is 12.7. The molecule has 3 heterocycles. The van der Waals surface area contributed by atoms with Crippen molar-refractivity contribution in [3.8, 4) is 39.6 Å². The minimum Gasteiger partial charge on any atom is -0.457 e. The van der Waals surface area contributed by atoms with Gasteiger partial charge in [-0.1, -0.05) is 159 Å². The minimum atomic E-state index is -2.28. The van der Waals surface area contributed by atoms with Crippen LogP contribution in [0, 0.1) is 6.85 Å². The molecule has 0 saturated carbocycles. The molecule has 2 aromatic heterocycles. The van der Waals surface area contributed by atoms with Crippen molar-refractivity contribution in [2.24, 2.45) is 0 Å². The molecule has 66 heavy (non-hydrogen) atoms. The molecule has 0 aliphatic carbocycles. The lowest BCUT2D eigenvalue weighted by Gasteiger charge is -2.29. The molecule has 5 heteroatoms. The van der Waals surface area contributed by atoms with E-state index < -0.39 is 25.0 Å². The Bertz CT molecular complexity index is 3650. The molecule has 0 bridgehead atoms. The first-order valence-electron chi connectivity index (χ1n) is 26.6. The average molecular weight is 873 g/mol. The number of anilines is 4. The van der Waals surface area contributed by atoms with E-state index in [-0.39, 0.29) is 39.5 Å². The molecule has 1 aliphatic rings. The van der Waals surface area contributed by atoms with Crippen LogP contribution in [0.25, 0.3) is 49.9 Å². The summed E-state index contributed by atoms with van der Waals surface area (Å²) in [5, 5.41) is 1.67. The van der Waals surface area contributed by atoms with Gasteiger partial charge in [-0.3, -0.25) is 4.57 Å². The lowest BCUT2D eigenvalue weighted by Crippen LogP contribution is -2.25. The molecule has 0 unspecified atom stereocenters. The zero-order valence-corrected chi connectivity index (χ0v) is 39.2. The third-order valence-electron chi connectivity index (χ3n) is 12.7. The summed E-state index contributed by atoms with van der Waals surface area (Å²) in [7, 11) is 0. The number of fused-ring (bicyclic) bond motifs is 4. The number of hydrogen-bond acceptors (Lipinski definition) is 4. The van der Waals surface area contributed by atoms with Crippen molar-refractivity contribution in [1.82, 2.24) is 9.55 Å². The molecule has 330 valence electrons. The van der Waals surface area contributed by atoms with Crippen LogP contribution in [0.1, 0.15) is 95.5 Å². The summed E-state index contributed by atoms with van der Waals surface area (Å²) in [6, 6.07) is 42.1. The van der Waals surface area contributed by atoms with Gasteiger partial charge in [0, 0.05) is 50.0 Å². The largest absolute Gasteiger partial charge is 0.457 e. The molecule has 1 aliphatic heterocycles. The van der Waals surface area contributed by atoms with E-state index >= 15 is 0 Å². The molecule has 0 amide bonds. The number of hydrogen-bond donors (Lipinski definition) is 0. The molecule has 0 saturated heterocycles. The Balaban J connectivity index is 1.10. The first kappa shape index (κ1) is 34.3. The molecule has 0 radical (unpaired) electrons. The molecular weight excluding hydrogens is 805 g/mol. The highest BCUT2D eigenvalue weighted by atomic mass is 16.5. The summed E-state index contributed by atoms with van der Waals surface area (Å²) in [4.78, 5) is 9.23. The van der Waals surface area contributed by atoms with Gasteiger partial charge in [0.05, 0.1) is 34.9 Å². The summed E-state index contributed by atoms with van der Waals surface area (Å²) in [5.41, 5.74) is 10.7. The van der Waals surface area contributed by atoms with Crippen molar-refractivity contribution < 1.29 is 15.7 Å². The normalized spacial score (nSPS) is 15.1. The molecule has 0 fully saturated rings. The van der Waals surface area contributed by atoms with Crippen molar-refractivity contribution in [2.75, 3.05) is 16.5 Å². The molecule has 10 rings (SSSR count). The third kappa shape index (κ3) is 7.91. The Kier molecular flexibility index (Phi) is 8.36. The van der Waals surface area contributed by atoms with Gasteiger partial charge in [0.1, 0.15) is 24.0 Å². The van der Waals surface area contributed by atoms with Gasteiger partial charge in [-0.15, -0.1) is 0 Å². The monoisotopic (exact) mass is 873 g/mol. The Morgan fingerprint density at radius 3 is 1.91 bits per heavy atom. The Morgan fingerprint density at radius 1 is 0.545 bits per heavy atom. The van der Waals surface area contributed by atoms with E-state index in [9.17, 15) is 2.74 Å². The van der Waals surface area contributed by atoms with Gasteiger partial charge in [-0.25, -0.2) is 4.98 Å². The summed E-state index contributed by atoms with van der Waals surface area (Å²) < 4.78 is 77.8. The van der Waals surface area contributed by atoms with Crippen molar-refractivity contribution in [3.63, 3.8) is 0 Å². The zero-order chi connectivity index (χ0) is 53.0. The summed E-state index contributed by atoms with van der Waals surface area (Å²) in [6.07, 6.45) is 1.82. The van der Waals surface area contributed by atoms with Gasteiger partial charge in [0.15, 0.2) is 0 Å². The van der Waals surface area contributed by atoms with E-state index in [0.29, 0.717) is 29.5 Å². The minimum absolute atomic E-state index is 0.133. The number of nitrogens with zero attached hydrogens (tertiary/aromatic N) is 4. The second-order valence-electron chi connectivity index (χ2n) is 20.5. The van der Waals surface area contributed by atoms with Crippen LogP contribution < -0.4 is 14.5 Å². The quantitative estimate of drug-likeness (QED) is 0.160. The summed E-state index contributed by atoms with van der Waals surface area (Å²) in [6.45, 7) is 17.8. The zero-order valence-electron chi connectivity index (χ0n) is 47.2. The van der Waals surface area contributed by atoms with Gasteiger partial charge < -0.3 is 14.5 Å². The standard InChI is InChI=1S/C61H60N4O/c1-40-26-29-53-52(32-40)51-28-27-48(38-56(51)65(53)57-36-43(30-31-62-57)59(2,3)4)66-47-21-16-20-46(37-47)63-39-64(55-25-15-14-24-54(55)63)58-49(41-18-12-11-13-19-41)22-17-23-50(58)42-33-44(60(5,6)7)35-45(34-42)61(8,9)10/h11-38H,39H2,1-10H3/i1D3,11D,12D,13D,18D,19D. The number of pyridine rings is 1. The van der Waals surface area contributed by atoms with Gasteiger partial charge >= 0.3 is 0 Å². The number of benzene rings is 7. The number of rotatable bonds is 7. The van der Waals surface area contributed by atoms with Gasteiger partial charge in [-0.2, -0.15) is 0 Å². The molecule has 0 atom stereocenters. The van der Waals surface area contributed by atoms with Crippen LogP contribution in [-0.2, 0) is 16.2 Å². The van der Waals surface area contributed by atoms with Crippen LogP contribution in [-0.4, -0.2) is 16.2 Å². The fourth-order valence-corrected chi connectivity index (χ4v) is 9.10. The maximum atomic E-state index is 9.23. The van der Waals surface area contributed by atoms with Crippen molar-refractivity contribution in [3.05, 3.63) is 192 Å². The lowest BCUT2D eigenvalue weighted by molar-refractivity contribution is 0.483. The van der Waals surface area contributed by atoms with Gasteiger partial charge in [0.25, 0.3) is 0 Å². The average Bonchev–Trinajstić information content (AvgIpc) is 3.91. The van der Waals surface area contributed by atoms with Gasteiger partial charge in [-0.05, 0) is 112 Å². The van der Waals surface area contributed by atoms with Crippen molar-refractivity contribution in [2.45, 2.75) is 85.4 Å². The van der Waals surface area contributed by atoms with E-state index in [4.69, 9.17) is 17.9 Å². The Hall–Kier alpha value is -7.11. The van der Waals surface area contributed by atoms with E-state index in [2.05, 4.69) is 119 Å². The molecular formula is C61H60N4O. The van der Waals surface area contributed by atoms with E-state index in [0.717, 1.165) is 72.4 Å². The predicted molar refractivity (Wildman–Crippen MR) is 279 cm³/mol. The van der Waals surface area contributed by atoms with E-state index in [1.807, 2.05) is 85.1 Å². The first-order valence-corrected chi connectivity index (χ1v) is 22.6. The van der Waals surface area contributed by atoms with E-state index in [1.54, 1.807) is 12.1 Å². The van der Waals surface area contributed by atoms with Crippen LogP contribution in [0.2, 0.25) is 0 Å². The number of aromatic nitrogens is 2.